The van der Waals surface area contributed by atoms with Gasteiger partial charge in [-0.25, -0.2) is 0 Å². The lowest BCUT2D eigenvalue weighted by Crippen LogP contribution is -2.30. The molecule has 2 aromatic rings. The molecule has 0 amide bonds. The van der Waals surface area contributed by atoms with Crippen LogP contribution in [0.15, 0.2) is 35.3 Å². The van der Waals surface area contributed by atoms with Crippen LogP contribution in [0.3, 0.4) is 0 Å². The highest BCUT2D eigenvalue weighted by atomic mass is 79.9. The summed E-state index contributed by atoms with van der Waals surface area (Å²) in [6, 6.07) is 7.79. The molecule has 0 N–H and O–H groups in total. The molecule has 1 saturated carbocycles. The zero-order chi connectivity index (χ0) is 14.7. The fourth-order valence-electron chi connectivity index (χ4n) is 3.42. The molecule has 1 fully saturated rings. The summed E-state index contributed by atoms with van der Waals surface area (Å²) in [6.45, 7) is 0.888. The smallest absolute Gasteiger partial charge is 0.207 e. The SMILES string of the molecule is O=c1cnn(CC2(CBr)CCCCCC2)c2ccccc12. The third-order valence-corrected chi connectivity index (χ3v) is 5.88. The van der Waals surface area contributed by atoms with Gasteiger partial charge >= 0.3 is 0 Å². The topological polar surface area (TPSA) is 34.9 Å². The molecule has 0 aliphatic heterocycles. The summed E-state index contributed by atoms with van der Waals surface area (Å²) in [6.07, 6.45) is 9.20. The molecule has 21 heavy (non-hydrogen) atoms. The van der Waals surface area contributed by atoms with E-state index >= 15 is 0 Å². The van der Waals surface area contributed by atoms with Gasteiger partial charge in [0.2, 0.25) is 5.43 Å². The summed E-state index contributed by atoms with van der Waals surface area (Å²) in [5.41, 5.74) is 1.23. The molecule has 1 aromatic heterocycles. The van der Waals surface area contributed by atoms with Gasteiger partial charge in [-0.3, -0.25) is 9.48 Å². The molecule has 0 unspecified atom stereocenters. The van der Waals surface area contributed by atoms with Crippen molar-refractivity contribution in [1.82, 2.24) is 9.78 Å². The number of rotatable bonds is 3. The zero-order valence-corrected chi connectivity index (χ0v) is 13.8. The van der Waals surface area contributed by atoms with Crippen molar-refractivity contribution in [2.24, 2.45) is 5.41 Å². The van der Waals surface area contributed by atoms with Gasteiger partial charge < -0.3 is 0 Å². The first kappa shape index (κ1) is 14.8. The van der Waals surface area contributed by atoms with E-state index in [-0.39, 0.29) is 10.8 Å². The lowest BCUT2D eigenvalue weighted by Gasteiger charge is -2.31. The lowest BCUT2D eigenvalue weighted by molar-refractivity contribution is 0.234. The average Bonchev–Trinajstić information content (AvgIpc) is 2.77. The van der Waals surface area contributed by atoms with E-state index in [1.165, 1.54) is 44.7 Å². The van der Waals surface area contributed by atoms with E-state index in [0.29, 0.717) is 0 Å². The van der Waals surface area contributed by atoms with Crippen LogP contribution in [0.4, 0.5) is 0 Å². The highest BCUT2D eigenvalue weighted by molar-refractivity contribution is 9.09. The van der Waals surface area contributed by atoms with Crippen molar-refractivity contribution >= 4 is 26.8 Å². The molecule has 112 valence electrons. The molecule has 1 aliphatic rings. The van der Waals surface area contributed by atoms with Crippen LogP contribution >= 0.6 is 15.9 Å². The number of nitrogens with zero attached hydrogens (tertiary/aromatic N) is 2. The van der Waals surface area contributed by atoms with E-state index in [1.54, 1.807) is 0 Å². The number of hydrogen-bond acceptors (Lipinski definition) is 2. The van der Waals surface area contributed by atoms with Crippen molar-refractivity contribution in [3.05, 3.63) is 40.7 Å². The quantitative estimate of drug-likeness (QED) is 0.617. The van der Waals surface area contributed by atoms with Crippen molar-refractivity contribution in [3.8, 4) is 0 Å². The monoisotopic (exact) mass is 348 g/mol. The fourth-order valence-corrected chi connectivity index (χ4v) is 4.16. The number of alkyl halides is 1. The third-order valence-electron chi connectivity index (χ3n) is 4.69. The number of benzene rings is 1. The van der Waals surface area contributed by atoms with Crippen LogP contribution in [-0.2, 0) is 6.54 Å². The molecule has 1 aliphatic carbocycles. The van der Waals surface area contributed by atoms with Crippen molar-refractivity contribution in [1.29, 1.82) is 0 Å². The van der Waals surface area contributed by atoms with Gasteiger partial charge in [-0.15, -0.1) is 0 Å². The van der Waals surface area contributed by atoms with Crippen molar-refractivity contribution in [2.45, 2.75) is 45.1 Å². The van der Waals surface area contributed by atoms with Gasteiger partial charge in [0.15, 0.2) is 0 Å². The Labute approximate surface area is 133 Å². The molecular formula is C17H21BrN2O. The molecule has 0 bridgehead atoms. The summed E-state index contributed by atoms with van der Waals surface area (Å²) < 4.78 is 2.03. The molecule has 0 atom stereocenters. The largest absolute Gasteiger partial charge is 0.287 e. The first-order valence-electron chi connectivity index (χ1n) is 7.75. The molecule has 0 spiro atoms. The Balaban J connectivity index is 2.00. The Morgan fingerprint density at radius 3 is 2.57 bits per heavy atom. The first-order valence-corrected chi connectivity index (χ1v) is 8.87. The predicted octanol–water partition coefficient (Wildman–Crippen LogP) is 4.13. The van der Waals surface area contributed by atoms with E-state index in [9.17, 15) is 4.79 Å². The van der Waals surface area contributed by atoms with E-state index in [0.717, 1.165) is 22.8 Å². The Bertz CT molecular complexity index is 672. The van der Waals surface area contributed by atoms with Crippen molar-refractivity contribution < 1.29 is 0 Å². The number of aromatic nitrogens is 2. The van der Waals surface area contributed by atoms with Gasteiger partial charge in [0.05, 0.1) is 11.7 Å². The van der Waals surface area contributed by atoms with Crippen LogP contribution < -0.4 is 5.43 Å². The molecule has 4 heteroatoms. The van der Waals surface area contributed by atoms with Crippen LogP contribution in [0.1, 0.15) is 38.5 Å². The Kier molecular flexibility index (Phi) is 4.43. The molecule has 1 aromatic carbocycles. The maximum Gasteiger partial charge on any atom is 0.207 e. The van der Waals surface area contributed by atoms with E-state index in [2.05, 4.69) is 21.0 Å². The fraction of sp³-hybridized carbons (Fsp3) is 0.529. The standard InChI is InChI=1S/C17H21BrN2O/c18-12-17(9-5-1-2-6-10-17)13-20-15-8-4-3-7-14(15)16(21)11-19-20/h3-4,7-8,11H,1-2,5-6,9-10,12-13H2. The van der Waals surface area contributed by atoms with Gasteiger partial charge in [0.25, 0.3) is 0 Å². The van der Waals surface area contributed by atoms with Crippen LogP contribution in [0, 0.1) is 5.41 Å². The van der Waals surface area contributed by atoms with Crippen LogP contribution in [0.5, 0.6) is 0 Å². The maximum absolute atomic E-state index is 11.9. The first-order chi connectivity index (χ1) is 10.2. The van der Waals surface area contributed by atoms with Crippen LogP contribution in [0.2, 0.25) is 0 Å². The molecule has 0 radical (unpaired) electrons. The van der Waals surface area contributed by atoms with Crippen LogP contribution in [0.25, 0.3) is 10.9 Å². The normalized spacial score (nSPS) is 18.5. The summed E-state index contributed by atoms with van der Waals surface area (Å²) in [7, 11) is 0. The minimum Gasteiger partial charge on any atom is -0.287 e. The van der Waals surface area contributed by atoms with E-state index in [4.69, 9.17) is 0 Å². The van der Waals surface area contributed by atoms with E-state index in [1.807, 2.05) is 28.9 Å². The summed E-state index contributed by atoms with van der Waals surface area (Å²) >= 11 is 3.74. The molecule has 0 saturated heterocycles. The van der Waals surface area contributed by atoms with Gasteiger partial charge in [-0.2, -0.15) is 5.10 Å². The second-order valence-corrected chi connectivity index (χ2v) is 6.79. The zero-order valence-electron chi connectivity index (χ0n) is 12.2. The van der Waals surface area contributed by atoms with Crippen molar-refractivity contribution in [3.63, 3.8) is 0 Å². The maximum atomic E-state index is 11.9. The highest BCUT2D eigenvalue weighted by Crippen LogP contribution is 2.38. The van der Waals surface area contributed by atoms with E-state index < -0.39 is 0 Å². The predicted molar refractivity (Wildman–Crippen MR) is 89.9 cm³/mol. The Morgan fingerprint density at radius 2 is 1.86 bits per heavy atom. The number of para-hydroxylation sites is 1. The number of halogens is 1. The summed E-state index contributed by atoms with van der Waals surface area (Å²) in [5, 5.41) is 6.18. The molecule has 3 nitrogen and oxygen atoms in total. The second kappa shape index (κ2) is 6.30. The second-order valence-electron chi connectivity index (χ2n) is 6.23. The summed E-state index contributed by atoms with van der Waals surface area (Å²) in [4.78, 5) is 11.9. The van der Waals surface area contributed by atoms with Gasteiger partial charge in [-0.05, 0) is 30.4 Å². The van der Waals surface area contributed by atoms with Crippen molar-refractivity contribution in [2.75, 3.05) is 5.33 Å². The Morgan fingerprint density at radius 1 is 1.14 bits per heavy atom. The van der Waals surface area contributed by atoms with Gasteiger partial charge in [0, 0.05) is 17.3 Å². The molecule has 1 heterocycles. The third kappa shape index (κ3) is 3.05. The molecular weight excluding hydrogens is 328 g/mol. The highest BCUT2D eigenvalue weighted by Gasteiger charge is 2.31. The summed E-state index contributed by atoms with van der Waals surface area (Å²) in [5.74, 6) is 0. The lowest BCUT2D eigenvalue weighted by atomic mass is 9.82. The minimum atomic E-state index is 0.00982. The number of hydrogen-bond donors (Lipinski definition) is 0. The minimum absolute atomic E-state index is 0.00982. The van der Waals surface area contributed by atoms with Gasteiger partial charge in [0.1, 0.15) is 0 Å². The Hall–Kier alpha value is -1.16. The molecule has 3 rings (SSSR count). The van der Waals surface area contributed by atoms with Crippen LogP contribution in [-0.4, -0.2) is 15.1 Å². The van der Waals surface area contributed by atoms with Gasteiger partial charge in [-0.1, -0.05) is 53.7 Å². The average molecular weight is 349 g/mol. The number of fused-ring (bicyclic) bond motifs is 1.